The number of benzene rings is 1. The second-order valence-electron chi connectivity index (χ2n) is 4.99. The number of para-hydroxylation sites is 1. The van der Waals surface area contributed by atoms with Crippen molar-refractivity contribution in [1.29, 1.82) is 0 Å². The summed E-state index contributed by atoms with van der Waals surface area (Å²) in [5, 5.41) is 9.10. The number of morpholine rings is 1. The summed E-state index contributed by atoms with van der Waals surface area (Å²) in [6.07, 6.45) is 0.916. The smallest absolute Gasteiger partial charge is 0.123 e. The van der Waals surface area contributed by atoms with Crippen LogP contribution in [0.15, 0.2) is 24.3 Å². The predicted molar refractivity (Wildman–Crippen MR) is 77.7 cm³/mol. The zero-order valence-corrected chi connectivity index (χ0v) is 11.8. The van der Waals surface area contributed by atoms with Crippen molar-refractivity contribution in [3.63, 3.8) is 0 Å². The highest BCUT2D eigenvalue weighted by Gasteiger charge is 2.18. The summed E-state index contributed by atoms with van der Waals surface area (Å²) >= 11 is 0. The van der Waals surface area contributed by atoms with Crippen LogP contribution in [0.25, 0.3) is 0 Å². The van der Waals surface area contributed by atoms with Crippen molar-refractivity contribution in [2.24, 2.45) is 5.73 Å². The van der Waals surface area contributed by atoms with Gasteiger partial charge >= 0.3 is 0 Å². The van der Waals surface area contributed by atoms with Crippen molar-refractivity contribution in [3.05, 3.63) is 29.8 Å². The van der Waals surface area contributed by atoms with Crippen LogP contribution in [0.5, 0.6) is 5.75 Å². The Hall–Kier alpha value is -1.14. The lowest BCUT2D eigenvalue weighted by Crippen LogP contribution is -2.44. The summed E-state index contributed by atoms with van der Waals surface area (Å²) in [5.41, 5.74) is 6.72. The molecule has 0 radical (unpaired) electrons. The van der Waals surface area contributed by atoms with E-state index in [1.54, 1.807) is 0 Å². The van der Waals surface area contributed by atoms with Gasteiger partial charge in [0.05, 0.1) is 25.9 Å². The molecule has 1 unspecified atom stereocenters. The van der Waals surface area contributed by atoms with Gasteiger partial charge in [-0.2, -0.15) is 0 Å². The molecule has 1 aromatic rings. The standard InChI is InChI=1S/C15H24N2O3/c16-10-13-4-1-2-5-15(13)20-8-3-6-17-7-9-19-14(11-17)12-18/h1-2,4-5,14,18H,3,6-12,16H2. The van der Waals surface area contributed by atoms with Crippen molar-refractivity contribution in [2.75, 3.05) is 39.5 Å². The number of nitrogens with two attached hydrogens (primary N) is 1. The van der Waals surface area contributed by atoms with E-state index in [2.05, 4.69) is 4.90 Å². The van der Waals surface area contributed by atoms with Gasteiger partial charge in [0.15, 0.2) is 0 Å². The highest BCUT2D eigenvalue weighted by Crippen LogP contribution is 2.17. The lowest BCUT2D eigenvalue weighted by atomic mass is 10.2. The summed E-state index contributed by atoms with van der Waals surface area (Å²) in [6, 6.07) is 7.88. The van der Waals surface area contributed by atoms with Gasteiger partial charge in [-0.15, -0.1) is 0 Å². The van der Waals surface area contributed by atoms with E-state index < -0.39 is 0 Å². The van der Waals surface area contributed by atoms with Crippen LogP contribution in [0.2, 0.25) is 0 Å². The number of rotatable bonds is 7. The Bertz CT molecular complexity index is 400. The van der Waals surface area contributed by atoms with E-state index in [-0.39, 0.29) is 12.7 Å². The molecule has 0 aromatic heterocycles. The van der Waals surface area contributed by atoms with Gasteiger partial charge in [0, 0.05) is 31.7 Å². The fourth-order valence-electron chi connectivity index (χ4n) is 2.38. The first-order valence-electron chi connectivity index (χ1n) is 7.19. The average Bonchev–Trinajstić information content (AvgIpc) is 2.52. The molecule has 0 saturated carbocycles. The zero-order valence-electron chi connectivity index (χ0n) is 11.8. The maximum atomic E-state index is 9.10. The minimum atomic E-state index is -0.0392. The molecule has 1 aliphatic rings. The summed E-state index contributed by atoms with van der Waals surface area (Å²) in [7, 11) is 0. The molecule has 1 saturated heterocycles. The van der Waals surface area contributed by atoms with E-state index in [1.165, 1.54) is 0 Å². The van der Waals surface area contributed by atoms with E-state index in [1.807, 2.05) is 24.3 Å². The molecule has 112 valence electrons. The fourth-order valence-corrected chi connectivity index (χ4v) is 2.38. The van der Waals surface area contributed by atoms with Crippen LogP contribution >= 0.6 is 0 Å². The number of hydrogen-bond donors (Lipinski definition) is 2. The molecule has 5 heteroatoms. The normalized spacial score (nSPS) is 20.0. The second-order valence-corrected chi connectivity index (χ2v) is 4.99. The summed E-state index contributed by atoms with van der Waals surface area (Å²) < 4.78 is 11.2. The molecule has 3 N–H and O–H groups in total. The van der Waals surface area contributed by atoms with Gasteiger partial charge in [-0.25, -0.2) is 0 Å². The van der Waals surface area contributed by atoms with Crippen molar-refractivity contribution in [1.82, 2.24) is 4.90 Å². The number of aliphatic hydroxyl groups excluding tert-OH is 1. The number of ether oxygens (including phenoxy) is 2. The molecule has 2 rings (SSSR count). The lowest BCUT2D eigenvalue weighted by molar-refractivity contribution is -0.0533. The van der Waals surface area contributed by atoms with Crippen molar-refractivity contribution >= 4 is 0 Å². The topological polar surface area (TPSA) is 68.0 Å². The van der Waals surface area contributed by atoms with Gasteiger partial charge in [-0.1, -0.05) is 18.2 Å². The van der Waals surface area contributed by atoms with Crippen molar-refractivity contribution in [2.45, 2.75) is 19.1 Å². The highest BCUT2D eigenvalue weighted by atomic mass is 16.5. The Morgan fingerprint density at radius 1 is 1.40 bits per heavy atom. The molecule has 0 spiro atoms. The molecule has 1 fully saturated rings. The Balaban J connectivity index is 1.68. The molecule has 1 atom stereocenters. The van der Waals surface area contributed by atoms with Gasteiger partial charge in [-0.05, 0) is 12.5 Å². The third kappa shape index (κ3) is 4.45. The fraction of sp³-hybridized carbons (Fsp3) is 0.600. The van der Waals surface area contributed by atoms with E-state index in [0.29, 0.717) is 19.8 Å². The molecule has 0 bridgehead atoms. The molecule has 0 aliphatic carbocycles. The highest BCUT2D eigenvalue weighted by molar-refractivity contribution is 5.32. The van der Waals surface area contributed by atoms with E-state index in [0.717, 1.165) is 37.4 Å². The maximum absolute atomic E-state index is 9.10. The first kappa shape index (κ1) is 15.3. The minimum absolute atomic E-state index is 0.0392. The van der Waals surface area contributed by atoms with Gasteiger partial charge in [-0.3, -0.25) is 4.90 Å². The van der Waals surface area contributed by atoms with Crippen LogP contribution in [-0.2, 0) is 11.3 Å². The van der Waals surface area contributed by atoms with Gasteiger partial charge < -0.3 is 20.3 Å². The van der Waals surface area contributed by atoms with E-state index in [9.17, 15) is 0 Å². The van der Waals surface area contributed by atoms with Gasteiger partial charge in [0.25, 0.3) is 0 Å². The monoisotopic (exact) mass is 280 g/mol. The molecular formula is C15H24N2O3. The van der Waals surface area contributed by atoms with Crippen molar-refractivity contribution in [3.8, 4) is 5.75 Å². The molecular weight excluding hydrogens is 256 g/mol. The van der Waals surface area contributed by atoms with E-state index >= 15 is 0 Å². The quantitative estimate of drug-likeness (QED) is 0.716. The SMILES string of the molecule is NCc1ccccc1OCCCN1CCOC(CO)C1. The molecule has 0 amide bonds. The summed E-state index contributed by atoms with van der Waals surface area (Å²) in [4.78, 5) is 2.31. The first-order chi connectivity index (χ1) is 9.83. The second kappa shape index (κ2) is 8.21. The largest absolute Gasteiger partial charge is 0.493 e. The molecule has 20 heavy (non-hydrogen) atoms. The molecule has 5 nitrogen and oxygen atoms in total. The van der Waals surface area contributed by atoms with Gasteiger partial charge in [0.1, 0.15) is 5.75 Å². The lowest BCUT2D eigenvalue weighted by Gasteiger charge is -2.31. The summed E-state index contributed by atoms with van der Waals surface area (Å²) in [5.74, 6) is 0.880. The van der Waals surface area contributed by atoms with Crippen molar-refractivity contribution < 1.29 is 14.6 Å². The average molecular weight is 280 g/mol. The van der Waals surface area contributed by atoms with E-state index in [4.69, 9.17) is 20.3 Å². The van der Waals surface area contributed by atoms with Crippen LogP contribution in [0.4, 0.5) is 0 Å². The summed E-state index contributed by atoms with van der Waals surface area (Å²) in [6.45, 7) is 4.66. The molecule has 1 aliphatic heterocycles. The number of nitrogens with zero attached hydrogens (tertiary/aromatic N) is 1. The third-order valence-electron chi connectivity index (χ3n) is 3.50. The first-order valence-corrected chi connectivity index (χ1v) is 7.19. The van der Waals surface area contributed by atoms with Gasteiger partial charge in [0.2, 0.25) is 0 Å². The Morgan fingerprint density at radius 2 is 2.25 bits per heavy atom. The van der Waals surface area contributed by atoms with Crippen LogP contribution in [0.1, 0.15) is 12.0 Å². The van der Waals surface area contributed by atoms with Crippen LogP contribution in [0, 0.1) is 0 Å². The van der Waals surface area contributed by atoms with Crippen LogP contribution in [-0.4, -0.2) is 55.6 Å². The zero-order chi connectivity index (χ0) is 14.2. The third-order valence-corrected chi connectivity index (χ3v) is 3.50. The van der Waals surface area contributed by atoms with Crippen LogP contribution < -0.4 is 10.5 Å². The Labute approximate surface area is 120 Å². The molecule has 1 heterocycles. The Morgan fingerprint density at radius 3 is 3.05 bits per heavy atom. The minimum Gasteiger partial charge on any atom is -0.493 e. The Kier molecular flexibility index (Phi) is 6.26. The predicted octanol–water partition coefficient (Wildman–Crippen LogP) is 0.607. The number of aliphatic hydroxyl groups is 1. The number of hydrogen-bond acceptors (Lipinski definition) is 5. The molecule has 1 aromatic carbocycles. The maximum Gasteiger partial charge on any atom is 0.123 e. The van der Waals surface area contributed by atoms with Crippen LogP contribution in [0.3, 0.4) is 0 Å².